The second-order valence-electron chi connectivity index (χ2n) is 6.65. The highest BCUT2D eigenvalue weighted by Gasteiger charge is 2.21. The van der Waals surface area contributed by atoms with Crippen molar-refractivity contribution < 1.29 is 9.59 Å². The highest BCUT2D eigenvalue weighted by Crippen LogP contribution is 2.18. The number of hydrogen-bond acceptors (Lipinski definition) is 4. The molecule has 25 heavy (non-hydrogen) atoms. The zero-order valence-corrected chi connectivity index (χ0v) is 16.2. The first-order chi connectivity index (χ1) is 12.0. The molecule has 6 heteroatoms. The van der Waals surface area contributed by atoms with Crippen LogP contribution in [0.5, 0.6) is 0 Å². The van der Waals surface area contributed by atoms with Crippen LogP contribution in [-0.4, -0.2) is 54.4 Å². The van der Waals surface area contributed by atoms with E-state index < -0.39 is 0 Å². The number of carbonyl (C=O) groups is 2. The molecule has 1 fully saturated rings. The van der Waals surface area contributed by atoms with Crippen LogP contribution in [0, 0.1) is 13.8 Å². The molecule has 0 atom stereocenters. The van der Waals surface area contributed by atoms with Gasteiger partial charge in [-0.2, -0.15) is 11.8 Å². The average Bonchev–Trinajstić information content (AvgIpc) is 2.58. The van der Waals surface area contributed by atoms with Crippen molar-refractivity contribution in [1.29, 1.82) is 0 Å². The van der Waals surface area contributed by atoms with E-state index in [1.165, 1.54) is 0 Å². The summed E-state index contributed by atoms with van der Waals surface area (Å²) in [6, 6.07) is 5.96. The largest absolute Gasteiger partial charge is 0.353 e. The van der Waals surface area contributed by atoms with Gasteiger partial charge in [-0.05, 0) is 50.1 Å². The molecule has 1 aliphatic rings. The summed E-state index contributed by atoms with van der Waals surface area (Å²) < 4.78 is 0. The lowest BCUT2D eigenvalue weighted by atomic mass is 10.0. The van der Waals surface area contributed by atoms with Gasteiger partial charge in [-0.3, -0.25) is 9.59 Å². The van der Waals surface area contributed by atoms with Crippen LogP contribution in [0.2, 0.25) is 0 Å². The Hall–Kier alpha value is -1.53. The van der Waals surface area contributed by atoms with Gasteiger partial charge in [-0.1, -0.05) is 12.1 Å². The maximum Gasteiger partial charge on any atom is 0.233 e. The molecule has 2 amide bonds. The first-order valence-electron chi connectivity index (χ1n) is 8.86. The van der Waals surface area contributed by atoms with Gasteiger partial charge in [0.15, 0.2) is 0 Å². The summed E-state index contributed by atoms with van der Waals surface area (Å²) in [5.74, 6) is 0.698. The lowest BCUT2D eigenvalue weighted by Crippen LogP contribution is -2.45. The van der Waals surface area contributed by atoms with Gasteiger partial charge < -0.3 is 15.5 Å². The standard InChI is InChI=1S/C19H29N3O2S/c1-14-5-4-6-17(15(14)2)21-19(24)13-18(23)20-16-7-9-22(10-8-16)11-12-25-3/h4-6,16H,7-13H2,1-3H3,(H,20,23)(H,21,24). The Morgan fingerprint density at radius 1 is 1.20 bits per heavy atom. The minimum Gasteiger partial charge on any atom is -0.353 e. The van der Waals surface area contributed by atoms with E-state index in [0.29, 0.717) is 0 Å². The summed E-state index contributed by atoms with van der Waals surface area (Å²) in [4.78, 5) is 26.7. The van der Waals surface area contributed by atoms with Crippen molar-refractivity contribution in [3.63, 3.8) is 0 Å². The Balaban J connectivity index is 1.73. The van der Waals surface area contributed by atoms with Crippen LogP contribution < -0.4 is 10.6 Å². The lowest BCUT2D eigenvalue weighted by molar-refractivity contribution is -0.127. The molecule has 2 N–H and O–H groups in total. The zero-order chi connectivity index (χ0) is 18.2. The molecule has 138 valence electrons. The van der Waals surface area contributed by atoms with Gasteiger partial charge in [0.25, 0.3) is 0 Å². The summed E-state index contributed by atoms with van der Waals surface area (Å²) in [6.45, 7) is 7.11. The number of rotatable bonds is 7. The van der Waals surface area contributed by atoms with E-state index in [0.717, 1.165) is 55.0 Å². The Labute approximate surface area is 154 Å². The van der Waals surface area contributed by atoms with Gasteiger partial charge >= 0.3 is 0 Å². The second kappa shape index (κ2) is 9.82. The third kappa shape index (κ3) is 6.36. The minimum absolute atomic E-state index is 0.125. The smallest absolute Gasteiger partial charge is 0.233 e. The topological polar surface area (TPSA) is 61.4 Å². The molecule has 1 aliphatic heterocycles. The third-order valence-electron chi connectivity index (χ3n) is 4.76. The van der Waals surface area contributed by atoms with Crippen molar-refractivity contribution in [3.05, 3.63) is 29.3 Å². The number of piperidine rings is 1. The van der Waals surface area contributed by atoms with Crippen LogP contribution in [0.1, 0.15) is 30.4 Å². The molecular weight excluding hydrogens is 334 g/mol. The summed E-state index contributed by atoms with van der Waals surface area (Å²) in [5, 5.41) is 5.85. The van der Waals surface area contributed by atoms with Gasteiger partial charge in [0.05, 0.1) is 0 Å². The fraction of sp³-hybridized carbons (Fsp3) is 0.579. The average molecular weight is 364 g/mol. The highest BCUT2D eigenvalue weighted by molar-refractivity contribution is 7.98. The molecule has 0 aliphatic carbocycles. The molecule has 1 saturated heterocycles. The Morgan fingerprint density at radius 3 is 2.60 bits per heavy atom. The second-order valence-corrected chi connectivity index (χ2v) is 7.63. The number of nitrogens with zero attached hydrogens (tertiary/aromatic N) is 1. The Kier molecular flexibility index (Phi) is 7.78. The van der Waals surface area contributed by atoms with E-state index >= 15 is 0 Å². The van der Waals surface area contributed by atoms with E-state index in [-0.39, 0.29) is 24.3 Å². The third-order valence-corrected chi connectivity index (χ3v) is 5.35. The predicted octanol–water partition coefficient (Wildman–Crippen LogP) is 2.58. The van der Waals surface area contributed by atoms with Crippen LogP contribution in [0.15, 0.2) is 18.2 Å². The van der Waals surface area contributed by atoms with Crippen LogP contribution in [0.4, 0.5) is 5.69 Å². The van der Waals surface area contributed by atoms with Gasteiger partial charge in [0.1, 0.15) is 6.42 Å². The van der Waals surface area contributed by atoms with Crippen molar-refractivity contribution in [3.8, 4) is 0 Å². The van der Waals surface area contributed by atoms with Crippen molar-refractivity contribution in [1.82, 2.24) is 10.2 Å². The summed E-state index contributed by atoms with van der Waals surface area (Å²) in [5.41, 5.74) is 2.93. The molecule has 1 aromatic carbocycles. The molecule has 0 saturated carbocycles. The molecule has 0 unspecified atom stereocenters. The van der Waals surface area contributed by atoms with Crippen LogP contribution in [0.3, 0.4) is 0 Å². The van der Waals surface area contributed by atoms with Crippen molar-refractivity contribution in [2.75, 3.05) is 37.0 Å². The summed E-state index contributed by atoms with van der Waals surface area (Å²) >= 11 is 1.86. The van der Waals surface area contributed by atoms with Crippen molar-refractivity contribution >= 4 is 29.3 Å². The van der Waals surface area contributed by atoms with Gasteiger partial charge in [-0.25, -0.2) is 0 Å². The van der Waals surface area contributed by atoms with Gasteiger partial charge in [-0.15, -0.1) is 0 Å². The number of nitrogens with one attached hydrogen (secondary N) is 2. The number of carbonyl (C=O) groups excluding carboxylic acids is 2. The molecule has 0 radical (unpaired) electrons. The molecule has 5 nitrogen and oxygen atoms in total. The Bertz CT molecular complexity index is 598. The van der Waals surface area contributed by atoms with E-state index in [1.807, 2.05) is 43.8 Å². The van der Waals surface area contributed by atoms with E-state index in [2.05, 4.69) is 21.8 Å². The molecule has 2 rings (SSSR count). The van der Waals surface area contributed by atoms with E-state index in [4.69, 9.17) is 0 Å². The fourth-order valence-corrected chi connectivity index (χ4v) is 3.47. The highest BCUT2D eigenvalue weighted by atomic mass is 32.2. The minimum atomic E-state index is -0.261. The molecule has 0 aromatic heterocycles. The first kappa shape index (κ1) is 19.8. The van der Waals surface area contributed by atoms with E-state index in [1.54, 1.807) is 0 Å². The summed E-state index contributed by atoms with van der Waals surface area (Å²) in [6.07, 6.45) is 3.91. The molecule has 0 bridgehead atoms. The normalized spacial score (nSPS) is 15.8. The summed E-state index contributed by atoms with van der Waals surface area (Å²) in [7, 11) is 0. The molecule has 1 heterocycles. The number of likely N-dealkylation sites (tertiary alicyclic amines) is 1. The van der Waals surface area contributed by atoms with Crippen LogP contribution >= 0.6 is 11.8 Å². The SMILES string of the molecule is CSCCN1CCC(NC(=O)CC(=O)Nc2cccc(C)c2C)CC1. The maximum absolute atomic E-state index is 12.1. The number of hydrogen-bond donors (Lipinski definition) is 2. The number of amides is 2. The molecular formula is C19H29N3O2S. The Morgan fingerprint density at radius 2 is 1.92 bits per heavy atom. The van der Waals surface area contributed by atoms with Crippen molar-refractivity contribution in [2.24, 2.45) is 0 Å². The van der Waals surface area contributed by atoms with Crippen LogP contribution in [0.25, 0.3) is 0 Å². The predicted molar refractivity (Wildman–Crippen MR) is 105 cm³/mol. The number of anilines is 1. The lowest BCUT2D eigenvalue weighted by Gasteiger charge is -2.32. The fourth-order valence-electron chi connectivity index (χ4n) is 3.03. The van der Waals surface area contributed by atoms with Crippen LogP contribution in [-0.2, 0) is 9.59 Å². The number of aryl methyl sites for hydroxylation is 1. The zero-order valence-electron chi connectivity index (χ0n) is 15.4. The first-order valence-corrected chi connectivity index (χ1v) is 10.3. The van der Waals surface area contributed by atoms with Gasteiger partial charge in [0.2, 0.25) is 11.8 Å². The van der Waals surface area contributed by atoms with Gasteiger partial charge in [0, 0.05) is 37.1 Å². The quantitative estimate of drug-likeness (QED) is 0.731. The maximum atomic E-state index is 12.1. The molecule has 0 spiro atoms. The number of benzene rings is 1. The monoisotopic (exact) mass is 363 g/mol. The number of thioether (sulfide) groups is 1. The van der Waals surface area contributed by atoms with E-state index in [9.17, 15) is 9.59 Å². The van der Waals surface area contributed by atoms with Crippen molar-refractivity contribution in [2.45, 2.75) is 39.2 Å². The molecule has 1 aromatic rings.